The van der Waals surface area contributed by atoms with Crippen molar-refractivity contribution in [3.05, 3.63) is 58.1 Å². The van der Waals surface area contributed by atoms with Crippen molar-refractivity contribution in [3.63, 3.8) is 0 Å². The van der Waals surface area contributed by atoms with Gasteiger partial charge in [-0.15, -0.1) is 0 Å². The van der Waals surface area contributed by atoms with Gasteiger partial charge in [0, 0.05) is 11.6 Å². The van der Waals surface area contributed by atoms with Crippen molar-refractivity contribution >= 4 is 20.6 Å². The molecule has 2 heterocycles. The van der Waals surface area contributed by atoms with E-state index in [1.807, 2.05) is 0 Å². The third kappa shape index (κ3) is 3.49. The van der Waals surface area contributed by atoms with Crippen LogP contribution in [0.2, 0.25) is 0 Å². The highest BCUT2D eigenvalue weighted by molar-refractivity contribution is 7.91. The Morgan fingerprint density at radius 1 is 1.17 bits per heavy atom. The summed E-state index contributed by atoms with van der Waals surface area (Å²) in [6, 6.07) is 4.28. The Morgan fingerprint density at radius 3 is 2.50 bits per heavy atom. The molecule has 0 atom stereocenters. The molecule has 0 unspecified atom stereocenters. The van der Waals surface area contributed by atoms with Gasteiger partial charge in [0.2, 0.25) is 0 Å². The number of rotatable bonds is 4. The number of nitrogens with zero attached hydrogens (tertiary/aromatic N) is 3. The fraction of sp³-hybridized carbons (Fsp3) is 0.350. The first-order valence-electron chi connectivity index (χ1n) is 9.44. The minimum absolute atomic E-state index is 0.143. The van der Waals surface area contributed by atoms with Gasteiger partial charge >= 0.3 is 6.18 Å². The molecule has 0 bridgehead atoms. The Bertz CT molecular complexity index is 1300. The van der Waals surface area contributed by atoms with Crippen molar-refractivity contribution in [2.75, 3.05) is 5.75 Å². The summed E-state index contributed by atoms with van der Waals surface area (Å²) >= 11 is 0. The summed E-state index contributed by atoms with van der Waals surface area (Å²) in [5, 5.41) is 3.98. The third-order valence-corrected chi connectivity index (χ3v) is 7.19. The summed E-state index contributed by atoms with van der Waals surface area (Å²) in [6.45, 7) is 1.47. The summed E-state index contributed by atoms with van der Waals surface area (Å²) in [6.07, 6.45) is 1.03. The van der Waals surface area contributed by atoms with Crippen LogP contribution in [0.4, 0.5) is 13.2 Å². The first-order valence-corrected chi connectivity index (χ1v) is 11.1. The lowest BCUT2D eigenvalue weighted by Gasteiger charge is -2.26. The van der Waals surface area contributed by atoms with Crippen molar-refractivity contribution < 1.29 is 21.6 Å². The summed E-state index contributed by atoms with van der Waals surface area (Å²) in [7, 11) is -3.76. The second-order valence-corrected chi connectivity index (χ2v) is 9.53. The summed E-state index contributed by atoms with van der Waals surface area (Å²) in [4.78, 5) is 17.0. The van der Waals surface area contributed by atoms with Gasteiger partial charge in [-0.2, -0.15) is 23.0 Å². The summed E-state index contributed by atoms with van der Waals surface area (Å²) < 4.78 is 65.4. The highest BCUT2D eigenvalue weighted by Gasteiger charge is 2.31. The maximum Gasteiger partial charge on any atom is 0.416 e. The fourth-order valence-corrected chi connectivity index (χ4v) is 4.47. The highest BCUT2D eigenvalue weighted by atomic mass is 32.2. The monoisotopic (exact) mass is 437 g/mol. The first-order chi connectivity index (χ1) is 14.1. The zero-order valence-corrected chi connectivity index (χ0v) is 16.8. The fourth-order valence-electron chi connectivity index (χ4n) is 3.43. The molecular weight excluding hydrogens is 419 g/mol. The van der Waals surface area contributed by atoms with Crippen molar-refractivity contribution in [3.8, 4) is 5.82 Å². The number of fused-ring (bicyclic) bond motifs is 1. The van der Waals surface area contributed by atoms with Crippen LogP contribution < -0.4 is 5.56 Å². The van der Waals surface area contributed by atoms with E-state index in [1.54, 1.807) is 0 Å². The average Bonchev–Trinajstić information content (AvgIpc) is 2.66. The van der Waals surface area contributed by atoms with Crippen molar-refractivity contribution in [1.82, 2.24) is 14.8 Å². The maximum atomic E-state index is 13.1. The van der Waals surface area contributed by atoms with Gasteiger partial charge in [-0.25, -0.2) is 13.4 Å². The number of hydrogen-bond acceptors (Lipinski definition) is 5. The molecule has 1 aliphatic carbocycles. The summed E-state index contributed by atoms with van der Waals surface area (Å²) in [5.74, 6) is -0.201. The van der Waals surface area contributed by atoms with Crippen LogP contribution in [0.5, 0.6) is 0 Å². The van der Waals surface area contributed by atoms with Crippen LogP contribution in [0.3, 0.4) is 0 Å². The molecule has 0 spiro atoms. The average molecular weight is 437 g/mol. The van der Waals surface area contributed by atoms with Gasteiger partial charge in [0.25, 0.3) is 5.56 Å². The lowest BCUT2D eigenvalue weighted by molar-refractivity contribution is -0.137. The van der Waals surface area contributed by atoms with Gasteiger partial charge < -0.3 is 0 Å². The van der Waals surface area contributed by atoms with E-state index in [0.29, 0.717) is 0 Å². The Balaban J connectivity index is 1.95. The van der Waals surface area contributed by atoms with Crippen LogP contribution in [0.1, 0.15) is 43.2 Å². The molecule has 10 heteroatoms. The van der Waals surface area contributed by atoms with Gasteiger partial charge in [0.1, 0.15) is 4.90 Å². The van der Waals surface area contributed by atoms with Crippen molar-refractivity contribution in [1.29, 1.82) is 0 Å². The second-order valence-electron chi connectivity index (χ2n) is 7.28. The second kappa shape index (κ2) is 7.19. The zero-order valence-electron chi connectivity index (χ0n) is 16.0. The van der Waals surface area contributed by atoms with Crippen molar-refractivity contribution in [2.24, 2.45) is 0 Å². The minimum atomic E-state index is -4.62. The largest absolute Gasteiger partial charge is 0.416 e. The molecule has 0 radical (unpaired) electrons. The van der Waals surface area contributed by atoms with Gasteiger partial charge in [-0.3, -0.25) is 4.79 Å². The predicted molar refractivity (Wildman–Crippen MR) is 104 cm³/mol. The van der Waals surface area contributed by atoms with E-state index in [0.717, 1.165) is 47.7 Å². The zero-order chi connectivity index (χ0) is 21.7. The van der Waals surface area contributed by atoms with Gasteiger partial charge in [0.15, 0.2) is 15.7 Å². The van der Waals surface area contributed by atoms with Gasteiger partial charge in [0.05, 0.1) is 22.9 Å². The van der Waals surface area contributed by atoms with Crippen LogP contribution in [0.15, 0.2) is 46.3 Å². The number of pyridine rings is 1. The number of aromatic nitrogens is 3. The molecule has 6 nitrogen and oxygen atoms in total. The van der Waals surface area contributed by atoms with E-state index in [-0.39, 0.29) is 33.2 Å². The number of benzene rings is 1. The van der Waals surface area contributed by atoms with Crippen LogP contribution in [-0.2, 0) is 16.0 Å². The van der Waals surface area contributed by atoms with E-state index in [2.05, 4.69) is 10.1 Å². The standard InChI is InChI=1S/C20H18F3N3O3S/c1-2-30(28,29)17-8-14(12-4-3-5-12)10-24-18(17)26-19(27)16-9-15(20(21,22)23)7-6-13(16)11-25-26/h6-12H,2-5H2,1H3. The third-order valence-electron chi connectivity index (χ3n) is 5.46. The van der Waals surface area contributed by atoms with E-state index in [9.17, 15) is 26.4 Å². The summed E-state index contributed by atoms with van der Waals surface area (Å²) in [5.41, 5.74) is -1.07. The number of alkyl halides is 3. The molecule has 3 aromatic rings. The first kappa shape index (κ1) is 20.5. The molecule has 0 aliphatic heterocycles. The van der Waals surface area contributed by atoms with Gasteiger partial charge in [-0.1, -0.05) is 19.4 Å². The number of sulfone groups is 1. The molecule has 0 saturated heterocycles. The highest BCUT2D eigenvalue weighted by Crippen LogP contribution is 2.37. The van der Waals surface area contributed by atoms with Crippen LogP contribution >= 0.6 is 0 Å². The van der Waals surface area contributed by atoms with Crippen LogP contribution in [-0.4, -0.2) is 28.9 Å². The van der Waals surface area contributed by atoms with Crippen molar-refractivity contribution in [2.45, 2.75) is 43.2 Å². The molecule has 0 amide bonds. The maximum absolute atomic E-state index is 13.1. The Morgan fingerprint density at radius 2 is 1.90 bits per heavy atom. The van der Waals surface area contributed by atoms with E-state index in [1.165, 1.54) is 25.4 Å². The normalized spacial score (nSPS) is 15.3. The molecule has 158 valence electrons. The lowest BCUT2D eigenvalue weighted by Crippen LogP contribution is -2.25. The minimum Gasteiger partial charge on any atom is -0.267 e. The number of halogens is 3. The molecule has 1 aromatic carbocycles. The van der Waals surface area contributed by atoms with E-state index >= 15 is 0 Å². The van der Waals surface area contributed by atoms with Crippen LogP contribution in [0, 0.1) is 0 Å². The molecule has 2 aromatic heterocycles. The number of hydrogen-bond donors (Lipinski definition) is 0. The van der Waals surface area contributed by atoms with Gasteiger partial charge in [-0.05, 0) is 42.5 Å². The molecule has 0 N–H and O–H groups in total. The molecule has 1 saturated carbocycles. The predicted octanol–water partition coefficient (Wildman–Crippen LogP) is 3.86. The van der Waals surface area contributed by atoms with E-state index in [4.69, 9.17) is 0 Å². The molecular formula is C20H18F3N3O3S. The quantitative estimate of drug-likeness (QED) is 0.619. The Labute approximate surface area is 170 Å². The van der Waals surface area contributed by atoms with Crippen LogP contribution in [0.25, 0.3) is 16.6 Å². The topological polar surface area (TPSA) is 81.9 Å². The Hall–Kier alpha value is -2.75. The van der Waals surface area contributed by atoms with E-state index < -0.39 is 27.1 Å². The lowest BCUT2D eigenvalue weighted by atomic mass is 9.81. The Kier molecular flexibility index (Phi) is 4.92. The smallest absolute Gasteiger partial charge is 0.267 e. The molecule has 1 aliphatic rings. The SMILES string of the molecule is CCS(=O)(=O)c1cc(C2CCC2)cnc1-n1ncc2ccc(C(F)(F)F)cc2c1=O. The molecule has 1 fully saturated rings. The molecule has 30 heavy (non-hydrogen) atoms. The molecule has 4 rings (SSSR count).